The van der Waals surface area contributed by atoms with Gasteiger partial charge >= 0.3 is 6.03 Å². The number of nitrogens with zero attached hydrogens (tertiary/aromatic N) is 2. The van der Waals surface area contributed by atoms with Gasteiger partial charge in [-0.2, -0.15) is 0 Å². The topological polar surface area (TPSA) is 69.7 Å². The molecule has 0 spiro atoms. The molecule has 8 rings (SSSR count). The number of hydrogen-bond donors (Lipinski definition) is 1. The van der Waals surface area contributed by atoms with E-state index in [2.05, 4.69) is 42.3 Å². The normalized spacial score (nSPS) is 30.5. The Kier molecular flexibility index (Phi) is 6.06. The predicted octanol–water partition coefficient (Wildman–Crippen LogP) is 6.98. The Labute approximate surface area is 246 Å². The molecule has 4 aliphatic carbocycles. The summed E-state index contributed by atoms with van der Waals surface area (Å²) in [5.74, 6) is 0.310. The number of barbiturate groups is 1. The monoisotopic (exact) mass is 567 g/mol. The van der Waals surface area contributed by atoms with Crippen LogP contribution in [0.2, 0.25) is 0 Å². The number of carbonyl (C=O) groups is 3. The minimum Gasteiger partial charge on any atom is -0.363 e. The van der Waals surface area contributed by atoms with Crippen LogP contribution in [0.4, 0.5) is 20.6 Å². The fraction of sp³-hybridized carbons (Fsp3) is 0.457. The summed E-state index contributed by atoms with van der Waals surface area (Å²) in [5.41, 5.74) is 4.07. The molecule has 1 saturated heterocycles. The minimum absolute atomic E-state index is 0.127. The molecule has 0 aromatic heterocycles. The van der Waals surface area contributed by atoms with E-state index in [1.165, 1.54) is 56.2 Å². The highest BCUT2D eigenvalue weighted by molar-refractivity contribution is 6.39. The van der Waals surface area contributed by atoms with Gasteiger partial charge in [0, 0.05) is 23.4 Å². The van der Waals surface area contributed by atoms with Crippen LogP contribution in [-0.4, -0.2) is 29.9 Å². The van der Waals surface area contributed by atoms with E-state index in [-0.39, 0.29) is 22.1 Å². The number of rotatable bonds is 4. The van der Waals surface area contributed by atoms with Crippen LogP contribution >= 0.6 is 0 Å². The molecule has 4 bridgehead atoms. The molecule has 7 heteroatoms. The first kappa shape index (κ1) is 27.1. The molecule has 218 valence electrons. The number of carbonyl (C=O) groups excluding carboxylic acids is 3. The Morgan fingerprint density at radius 1 is 0.976 bits per heavy atom. The molecule has 0 unspecified atom stereocenters. The standard InChI is InChI=1S/C35H38FN3O3/c1-5-38-30-15-29(36)24(13-27(30)20(2)16-34(38,3)4)14-28-31(40)37-33(42)39(32(28)41)26-8-6-25(7-9-26)35-17-21-10-22(18-35)12-23(11-21)19-35/h6-9,13-16,21-23H,5,10-12,17-19H2,1-4H3,(H,37,40,42)/b28-14-. The van der Waals surface area contributed by atoms with Crippen molar-refractivity contribution in [3.8, 4) is 0 Å². The molecule has 2 aromatic carbocycles. The fourth-order valence-electron chi connectivity index (χ4n) is 9.28. The number of likely N-dealkylation sites (N-methyl/N-ethyl adjacent to an activating group) is 1. The largest absolute Gasteiger partial charge is 0.363 e. The first-order chi connectivity index (χ1) is 20.0. The summed E-state index contributed by atoms with van der Waals surface area (Å²) in [4.78, 5) is 42.5. The number of anilines is 2. The van der Waals surface area contributed by atoms with Crippen molar-refractivity contribution in [2.45, 2.75) is 77.2 Å². The van der Waals surface area contributed by atoms with E-state index in [4.69, 9.17) is 0 Å². The van der Waals surface area contributed by atoms with Gasteiger partial charge in [-0.3, -0.25) is 14.9 Å². The number of benzene rings is 2. The van der Waals surface area contributed by atoms with Crippen molar-refractivity contribution in [2.24, 2.45) is 17.8 Å². The number of hydrogen-bond acceptors (Lipinski definition) is 4. The molecular weight excluding hydrogens is 529 g/mol. The molecule has 1 N–H and O–H groups in total. The Morgan fingerprint density at radius 2 is 1.60 bits per heavy atom. The van der Waals surface area contributed by atoms with Crippen molar-refractivity contribution >= 4 is 40.9 Å². The van der Waals surface area contributed by atoms with Gasteiger partial charge in [-0.05, 0) is 131 Å². The van der Waals surface area contributed by atoms with E-state index in [0.29, 0.717) is 12.2 Å². The van der Waals surface area contributed by atoms with E-state index < -0.39 is 23.7 Å². The number of amides is 4. The van der Waals surface area contributed by atoms with Gasteiger partial charge in [0.05, 0.1) is 11.2 Å². The van der Waals surface area contributed by atoms with E-state index in [1.54, 1.807) is 6.07 Å². The predicted molar refractivity (Wildman–Crippen MR) is 162 cm³/mol. The second-order valence-corrected chi connectivity index (χ2v) is 13.8. The van der Waals surface area contributed by atoms with Crippen LogP contribution in [0.15, 0.2) is 48.0 Å². The molecular formula is C35H38FN3O3. The molecule has 4 saturated carbocycles. The molecule has 0 atom stereocenters. The van der Waals surface area contributed by atoms with Crippen molar-refractivity contribution in [1.29, 1.82) is 0 Å². The Bertz CT molecular complexity index is 1550. The third kappa shape index (κ3) is 4.15. The summed E-state index contributed by atoms with van der Waals surface area (Å²) in [5, 5.41) is 2.29. The number of fused-ring (bicyclic) bond motifs is 1. The molecule has 42 heavy (non-hydrogen) atoms. The second kappa shape index (κ2) is 9.38. The first-order valence-electron chi connectivity index (χ1n) is 15.3. The van der Waals surface area contributed by atoms with Crippen molar-refractivity contribution < 1.29 is 18.8 Å². The SMILES string of the molecule is CCN1c2cc(F)c(/C=C3/C(=O)NC(=O)N(c4ccc(C56CC7CC(CC(C7)C5)C6)cc4)C3=O)cc2C(C)=CC1(C)C. The smallest absolute Gasteiger partial charge is 0.335 e. The Balaban J connectivity index is 1.20. The summed E-state index contributed by atoms with van der Waals surface area (Å²) in [6.45, 7) is 8.88. The van der Waals surface area contributed by atoms with E-state index in [9.17, 15) is 14.4 Å². The molecule has 6 aliphatic rings. The Hall–Kier alpha value is -3.74. The lowest BCUT2D eigenvalue weighted by Crippen LogP contribution is -2.54. The van der Waals surface area contributed by atoms with Crippen molar-refractivity contribution in [1.82, 2.24) is 5.32 Å². The van der Waals surface area contributed by atoms with Crippen LogP contribution in [0, 0.1) is 23.6 Å². The number of urea groups is 1. The van der Waals surface area contributed by atoms with Crippen molar-refractivity contribution in [3.05, 3.63) is 70.6 Å². The lowest BCUT2D eigenvalue weighted by molar-refractivity contribution is -0.122. The summed E-state index contributed by atoms with van der Waals surface area (Å²) < 4.78 is 15.5. The highest BCUT2D eigenvalue weighted by Crippen LogP contribution is 2.60. The lowest BCUT2D eigenvalue weighted by Gasteiger charge is -2.57. The van der Waals surface area contributed by atoms with E-state index >= 15 is 4.39 Å². The minimum atomic E-state index is -0.827. The number of nitrogens with one attached hydrogen (secondary N) is 1. The van der Waals surface area contributed by atoms with Crippen molar-refractivity contribution in [2.75, 3.05) is 16.3 Å². The van der Waals surface area contributed by atoms with Gasteiger partial charge in [-0.15, -0.1) is 0 Å². The molecule has 2 aromatic rings. The van der Waals surface area contributed by atoms with Gasteiger partial charge in [-0.1, -0.05) is 18.2 Å². The first-order valence-corrected chi connectivity index (χ1v) is 15.3. The van der Waals surface area contributed by atoms with E-state index in [1.807, 2.05) is 26.0 Å². The van der Waals surface area contributed by atoms with Gasteiger partial charge in [0.25, 0.3) is 11.8 Å². The molecule has 0 radical (unpaired) electrons. The maximum atomic E-state index is 15.5. The van der Waals surface area contributed by atoms with Crippen LogP contribution in [-0.2, 0) is 15.0 Å². The molecule has 2 heterocycles. The molecule has 2 aliphatic heterocycles. The van der Waals surface area contributed by atoms with Gasteiger partial charge in [0.15, 0.2) is 0 Å². The highest BCUT2D eigenvalue weighted by Gasteiger charge is 2.51. The van der Waals surface area contributed by atoms with Gasteiger partial charge < -0.3 is 4.90 Å². The van der Waals surface area contributed by atoms with Crippen LogP contribution in [0.25, 0.3) is 11.6 Å². The van der Waals surface area contributed by atoms with Gasteiger partial charge in [0.2, 0.25) is 0 Å². The third-order valence-electron chi connectivity index (χ3n) is 10.6. The Morgan fingerprint density at radius 3 is 2.19 bits per heavy atom. The average Bonchev–Trinajstić information content (AvgIpc) is 2.91. The summed E-state index contributed by atoms with van der Waals surface area (Å²) in [7, 11) is 0. The van der Waals surface area contributed by atoms with Crippen molar-refractivity contribution in [3.63, 3.8) is 0 Å². The van der Waals surface area contributed by atoms with Crippen LogP contribution < -0.4 is 15.1 Å². The highest BCUT2D eigenvalue weighted by atomic mass is 19.1. The maximum Gasteiger partial charge on any atom is 0.335 e. The lowest BCUT2D eigenvalue weighted by atomic mass is 9.48. The molecule has 6 nitrogen and oxygen atoms in total. The number of imide groups is 2. The summed E-state index contributed by atoms with van der Waals surface area (Å²) in [6.07, 6.45) is 11.1. The number of allylic oxidation sites excluding steroid dienone is 1. The third-order valence-corrected chi connectivity index (χ3v) is 10.6. The quantitative estimate of drug-likeness (QED) is 0.320. The molecule has 4 amide bonds. The van der Waals surface area contributed by atoms with Gasteiger partial charge in [-0.25, -0.2) is 14.1 Å². The fourth-order valence-corrected chi connectivity index (χ4v) is 9.28. The number of halogens is 1. The zero-order valence-electron chi connectivity index (χ0n) is 24.8. The summed E-state index contributed by atoms with van der Waals surface area (Å²) in [6, 6.07) is 10.1. The second-order valence-electron chi connectivity index (χ2n) is 13.8. The van der Waals surface area contributed by atoms with Crippen LogP contribution in [0.1, 0.15) is 82.9 Å². The maximum absolute atomic E-state index is 15.5. The van der Waals surface area contributed by atoms with Crippen LogP contribution in [0.3, 0.4) is 0 Å². The van der Waals surface area contributed by atoms with Crippen LogP contribution in [0.5, 0.6) is 0 Å². The average molecular weight is 568 g/mol. The zero-order valence-corrected chi connectivity index (χ0v) is 24.8. The van der Waals surface area contributed by atoms with E-state index in [0.717, 1.165) is 39.5 Å². The zero-order chi connectivity index (χ0) is 29.6. The summed E-state index contributed by atoms with van der Waals surface area (Å²) >= 11 is 0. The van der Waals surface area contributed by atoms with Gasteiger partial charge in [0.1, 0.15) is 11.4 Å². The molecule has 5 fully saturated rings.